The maximum absolute atomic E-state index is 7.28. The Morgan fingerprint density at radius 3 is 0.677 bits per heavy atom. The van der Waals surface area contributed by atoms with E-state index >= 15 is 0 Å². The molecule has 0 amide bonds. The molecule has 2 radical (unpaired) electrons. The summed E-state index contributed by atoms with van der Waals surface area (Å²) in [6.45, 7) is 62.8. The van der Waals surface area contributed by atoms with Gasteiger partial charge in [-0.25, -0.2) is 19.9 Å². The molecule has 0 aliphatic carbocycles. The average Bonchev–Trinajstić information content (AvgIpc) is 1.59. The van der Waals surface area contributed by atoms with E-state index in [1.54, 1.807) is 0 Å². The second-order valence-corrected chi connectivity index (χ2v) is 53.7. The van der Waals surface area contributed by atoms with Gasteiger partial charge in [-0.05, 0) is 206 Å². The largest absolute Gasteiger partial charge is 2.00 e. The van der Waals surface area contributed by atoms with Gasteiger partial charge in [0.2, 0.25) is 0 Å². The molecule has 22 heteroatoms. The first-order chi connectivity index (χ1) is 59.8. The molecule has 0 saturated heterocycles. The zero-order valence-electron chi connectivity index (χ0n) is 79.9. The molecule has 4 aliphatic heterocycles. The van der Waals surface area contributed by atoms with E-state index < -0.39 is 16.6 Å². The van der Waals surface area contributed by atoms with Gasteiger partial charge >= 0.3 is 33.6 Å². The molecule has 18 rings (SSSR count). The predicted molar refractivity (Wildman–Crippen MR) is 527 cm³/mol. The van der Waals surface area contributed by atoms with Crippen molar-refractivity contribution in [2.45, 2.75) is 235 Å². The number of rotatable bonds is 6. The van der Waals surface area contributed by atoms with E-state index in [-0.39, 0.29) is 89.3 Å². The van der Waals surface area contributed by atoms with Gasteiger partial charge in [-0.15, -0.1) is 0 Å². The second-order valence-electron chi connectivity index (χ2n) is 44.1. The molecule has 0 saturated carbocycles. The molecule has 0 atom stereocenters. The van der Waals surface area contributed by atoms with Crippen molar-refractivity contribution in [2.24, 2.45) is 0 Å². The molecule has 662 valence electrons. The van der Waals surface area contributed by atoms with Crippen LogP contribution in [0.1, 0.15) is 211 Å². The average molecular weight is 1840 g/mol. The van der Waals surface area contributed by atoms with Crippen LogP contribution in [0.25, 0.3) is 179 Å². The molecule has 0 unspecified atom stereocenters. The normalized spacial score (nSPS) is 13.4. The van der Waals surface area contributed by atoms with Crippen LogP contribution in [0.5, 0.6) is 0 Å². The molecule has 0 N–H and O–H groups in total. The fourth-order valence-corrected chi connectivity index (χ4v) is 17.8. The summed E-state index contributed by atoms with van der Waals surface area (Å²) in [4.78, 5) is 86.3. The summed E-state index contributed by atoms with van der Waals surface area (Å²) in [6.07, 6.45) is 0. The number of benzene rings is 8. The van der Waals surface area contributed by atoms with Crippen molar-refractivity contribution in [3.63, 3.8) is 0 Å². The van der Waals surface area contributed by atoms with E-state index in [2.05, 4.69) is 337 Å². The Morgan fingerprint density at radius 2 is 0.446 bits per heavy atom. The Hall–Kier alpha value is -11.3. The van der Waals surface area contributed by atoms with Gasteiger partial charge in [0.05, 0.1) is 59.8 Å². The van der Waals surface area contributed by atoms with Gasteiger partial charge in [0.15, 0.2) is 16.6 Å². The fourth-order valence-electron chi connectivity index (χ4n) is 15.9. The summed E-state index contributed by atoms with van der Waals surface area (Å²) >= 11 is 0. The molecule has 130 heavy (non-hydrogen) atoms. The van der Waals surface area contributed by atoms with Crippen molar-refractivity contribution >= 4 is 105 Å². The Kier molecular flexibility index (Phi) is 22.9. The number of aromatic nitrogens is 16. The van der Waals surface area contributed by atoms with Crippen molar-refractivity contribution < 1.29 is 42.4 Å². The van der Waals surface area contributed by atoms with Crippen LogP contribution in [-0.4, -0.2) is 89.7 Å². The van der Waals surface area contributed by atoms with Gasteiger partial charge in [-0.2, -0.15) is 0 Å². The quantitative estimate of drug-likeness (QED) is 0.111. The minimum atomic E-state index is -2.48. The van der Waals surface area contributed by atoms with E-state index in [4.69, 9.17) is 88.6 Å². The van der Waals surface area contributed by atoms with E-state index in [1.807, 2.05) is 24.3 Å². The van der Waals surface area contributed by atoms with E-state index in [9.17, 15) is 0 Å². The van der Waals surface area contributed by atoms with Crippen LogP contribution in [0.3, 0.4) is 0 Å². The van der Waals surface area contributed by atoms with Crippen LogP contribution in [0, 0.1) is 23.7 Å². The number of nitrogens with zero attached hydrogens (tertiary/aromatic N) is 16. The van der Waals surface area contributed by atoms with Gasteiger partial charge in [0, 0.05) is 112 Å². The van der Waals surface area contributed by atoms with Crippen LogP contribution in [0.2, 0.25) is 36.3 Å². The number of hydrogen-bond acceptors (Lipinski definition) is 14. The molecule has 0 fully saturated rings. The minimum absolute atomic E-state index is 0. The van der Waals surface area contributed by atoms with Crippen molar-refractivity contribution in [1.29, 1.82) is 0 Å². The van der Waals surface area contributed by atoms with Gasteiger partial charge < -0.3 is 68.7 Å². The SMILES string of the molecule is CC(C)(C)c1ccc2c(c1)-c1nc-2nc2[n-]c(nc3nc(nc4[n-]c(n1)c1ccc(C(C)(C)C)cc41)-c1ccc(C#C/C(CO[Si](C)(C)C(C)(C)C)=C(/C#Cc4ccc5c(c4)-c4nc-5nc5[n-]c(nc6nc(nc7[n-]c(n4)c4ccc(C(C)(C)C)cc74)-c4ccc(C(C)(C)C)cc4-6)c4cc(C(C)(C)C)ccc54)CO[Si](C)(C)C(C)(C)C)cc1-3)c1cc(C(C)(C)C)ccc21.[Co+2].[Co+2]. The van der Waals surface area contributed by atoms with Gasteiger partial charge in [-0.1, -0.05) is 275 Å². The number of fused-ring (bicyclic) bond motifs is 40. The predicted octanol–water partition coefficient (Wildman–Crippen LogP) is 25.1. The Morgan fingerprint density at radius 1 is 0.246 bits per heavy atom. The molecule has 0 spiro atoms. The fraction of sp³-hybridized carbons (Fsp3) is 0.352. The van der Waals surface area contributed by atoms with Crippen molar-refractivity contribution in [2.75, 3.05) is 13.2 Å². The van der Waals surface area contributed by atoms with Crippen LogP contribution in [-0.2, 0) is 74.9 Å². The first-order valence-corrected chi connectivity index (χ1v) is 50.3. The zero-order valence-corrected chi connectivity index (χ0v) is 84.0. The molecule has 6 aromatic heterocycles. The Labute approximate surface area is 785 Å². The summed E-state index contributed by atoms with van der Waals surface area (Å²) in [5, 5.41) is 6.39. The minimum Gasteiger partial charge on any atom is -0.412 e. The van der Waals surface area contributed by atoms with E-state index in [1.165, 1.54) is 0 Å². The maximum Gasteiger partial charge on any atom is 2.00 e. The Bertz CT molecular complexity index is 7610. The molecule has 4 aliphatic rings. The molecule has 14 aromatic rings. The topological polar surface area (TPSA) is 230 Å². The van der Waals surface area contributed by atoms with Crippen LogP contribution < -0.4 is 19.9 Å². The van der Waals surface area contributed by atoms with Crippen molar-refractivity contribution in [1.82, 2.24) is 79.7 Å². The third kappa shape index (κ3) is 17.3. The van der Waals surface area contributed by atoms with Crippen LogP contribution >= 0.6 is 0 Å². The molecular weight excluding hydrogens is 1730 g/mol. The number of hydrogen-bond donors (Lipinski definition) is 0. The van der Waals surface area contributed by atoms with E-state index in [0.717, 1.165) is 121 Å². The maximum atomic E-state index is 7.28. The molecule has 8 aromatic carbocycles. The third-order valence-corrected chi connectivity index (χ3v) is 35.4. The molecular formula is C108H112Co2N16O2Si2. The van der Waals surface area contributed by atoms with Crippen LogP contribution in [0.15, 0.2) is 157 Å². The molecule has 18 nitrogen and oxygen atoms in total. The smallest absolute Gasteiger partial charge is 0.412 e. The standard InChI is InChI=1S/C108H112N16O2Si2.2Co/c1-101(2,3)63-35-43-71-79(51-63)96-115-88(71)110-89-72-44-36-66(104(10,11)12)54-82(72)98(116-89)123-94-78-50-60(32-42-70(78)86(112-94)114-95-81-53-65(103(7,8)9)39-47-75(81)91(119-95)120-96)30-34-62(58-126-128(27,28)108(22,23)24)61(57-125-127(25,26)107(19,20)21)33-29-59-31-41-69-77(49-59)93-111-85(69)109-87-73-45-37-67(105(13,14)15)55-83(73)99(117-87)124-100-84-56-68(106(16,17)18)40-48-76(84)92(122-100)121-97-80-52-64(102(4,5)6)38-46-74(80)90(113-93)118-97;;/h31-32,35-56H,57-58H2,1-28H3;;/q-4;2*+2/b62-61+;;. The van der Waals surface area contributed by atoms with Gasteiger partial charge in [0.25, 0.3) is 0 Å². The summed E-state index contributed by atoms with van der Waals surface area (Å²) in [5.41, 5.74) is 18.7. The summed E-state index contributed by atoms with van der Waals surface area (Å²) < 4.78 is 14.6. The second kappa shape index (κ2) is 32.3. The monoisotopic (exact) mass is 1840 g/mol. The van der Waals surface area contributed by atoms with Crippen molar-refractivity contribution in [3.8, 4) is 115 Å². The van der Waals surface area contributed by atoms with Gasteiger partial charge in [-0.3, -0.25) is 0 Å². The summed E-state index contributed by atoms with van der Waals surface area (Å²) in [6, 6.07) is 51.0. The molecule has 16 bridgehead atoms. The van der Waals surface area contributed by atoms with Gasteiger partial charge in [0.1, 0.15) is 0 Å². The summed E-state index contributed by atoms with van der Waals surface area (Å²) in [7, 11) is -4.95. The van der Waals surface area contributed by atoms with Crippen molar-refractivity contribution in [3.05, 3.63) is 201 Å². The zero-order chi connectivity index (χ0) is 91.2. The third-order valence-electron chi connectivity index (χ3n) is 26.4. The first-order valence-electron chi connectivity index (χ1n) is 44.5. The first kappa shape index (κ1) is 92.0. The van der Waals surface area contributed by atoms with Crippen LogP contribution in [0.4, 0.5) is 0 Å². The van der Waals surface area contributed by atoms with E-state index in [0.29, 0.717) is 114 Å². The Balaban J connectivity index is 0.00000618. The molecule has 10 heterocycles. The summed E-state index contributed by atoms with van der Waals surface area (Å²) in [5.74, 6) is 18.5.